The maximum atomic E-state index is 11.9. The molecular formula is C18H16ClNO5. The van der Waals surface area contributed by atoms with Crippen LogP contribution in [0.15, 0.2) is 48.5 Å². The summed E-state index contributed by atoms with van der Waals surface area (Å²) in [5.74, 6) is 0.242. The van der Waals surface area contributed by atoms with Crippen molar-refractivity contribution in [3.63, 3.8) is 0 Å². The molecule has 6 nitrogen and oxygen atoms in total. The zero-order valence-corrected chi connectivity index (χ0v) is 14.0. The summed E-state index contributed by atoms with van der Waals surface area (Å²) in [6.07, 6.45) is -0.307. The number of hydrogen-bond acceptors (Lipinski definition) is 5. The summed E-state index contributed by atoms with van der Waals surface area (Å²) in [7, 11) is 0. The second-order valence-electron chi connectivity index (χ2n) is 5.36. The molecule has 0 aliphatic carbocycles. The highest BCUT2D eigenvalue weighted by molar-refractivity contribution is 6.33. The highest BCUT2D eigenvalue weighted by Crippen LogP contribution is 2.30. The van der Waals surface area contributed by atoms with E-state index in [1.165, 1.54) is 6.07 Å². The Morgan fingerprint density at radius 2 is 1.84 bits per heavy atom. The third-order valence-electron chi connectivity index (χ3n) is 3.52. The smallest absolute Gasteiger partial charge is 0.340 e. The van der Waals surface area contributed by atoms with Crippen LogP contribution in [0.4, 0.5) is 0 Å². The van der Waals surface area contributed by atoms with Gasteiger partial charge in [0, 0.05) is 0 Å². The lowest BCUT2D eigenvalue weighted by atomic mass is 10.2. The van der Waals surface area contributed by atoms with E-state index in [1.807, 2.05) is 18.2 Å². The van der Waals surface area contributed by atoms with Gasteiger partial charge in [0.05, 0.1) is 17.1 Å². The average Bonchev–Trinajstić information content (AvgIpc) is 2.64. The van der Waals surface area contributed by atoms with Gasteiger partial charge >= 0.3 is 5.97 Å². The summed E-state index contributed by atoms with van der Waals surface area (Å²) in [4.78, 5) is 23.7. The van der Waals surface area contributed by atoms with Crippen molar-refractivity contribution in [2.45, 2.75) is 6.10 Å². The van der Waals surface area contributed by atoms with Crippen LogP contribution in [0.3, 0.4) is 0 Å². The number of halogens is 1. The Hall–Kier alpha value is -2.73. The molecule has 3 rings (SSSR count). The topological polar surface area (TPSA) is 73.9 Å². The molecule has 7 heteroatoms. The number of nitrogens with one attached hydrogen (secondary N) is 1. The van der Waals surface area contributed by atoms with Crippen LogP contribution in [0.1, 0.15) is 10.4 Å². The number of rotatable bonds is 5. The van der Waals surface area contributed by atoms with Gasteiger partial charge in [-0.15, -0.1) is 0 Å². The average molecular weight is 362 g/mol. The van der Waals surface area contributed by atoms with Crippen molar-refractivity contribution < 1.29 is 23.8 Å². The Bertz CT molecular complexity index is 780. The molecule has 1 amide bonds. The second-order valence-corrected chi connectivity index (χ2v) is 5.76. The van der Waals surface area contributed by atoms with Gasteiger partial charge in [0.15, 0.2) is 18.1 Å². The molecule has 0 spiro atoms. The van der Waals surface area contributed by atoms with Crippen molar-refractivity contribution in [3.05, 3.63) is 59.1 Å². The first-order chi connectivity index (χ1) is 12.1. The monoisotopic (exact) mass is 361 g/mol. The van der Waals surface area contributed by atoms with Crippen LogP contribution < -0.4 is 14.8 Å². The van der Waals surface area contributed by atoms with E-state index in [2.05, 4.69) is 5.32 Å². The Balaban J connectivity index is 1.43. The molecule has 2 aromatic rings. The Morgan fingerprint density at radius 3 is 2.64 bits per heavy atom. The quantitative estimate of drug-likeness (QED) is 0.828. The van der Waals surface area contributed by atoms with Crippen molar-refractivity contribution in [1.82, 2.24) is 5.32 Å². The number of carbonyl (C=O) groups excluding carboxylic acids is 2. The molecule has 0 fully saturated rings. The standard InChI is InChI=1S/C18H16ClNO5/c19-14-6-2-1-5-13(14)18(22)24-11-17(21)20-9-12-10-23-15-7-3-4-8-16(15)25-12/h1-8,12H,9-11H2,(H,20,21)/t12-/m1/s1. The van der Waals surface area contributed by atoms with Crippen molar-refractivity contribution in [2.24, 2.45) is 0 Å². The summed E-state index contributed by atoms with van der Waals surface area (Å²) in [6.45, 7) is 0.182. The van der Waals surface area contributed by atoms with E-state index >= 15 is 0 Å². The number of esters is 1. The molecule has 2 aromatic carbocycles. The molecule has 0 aromatic heterocycles. The van der Waals surface area contributed by atoms with Crippen LogP contribution in [0.5, 0.6) is 11.5 Å². The molecule has 1 aliphatic rings. The van der Waals surface area contributed by atoms with Gasteiger partial charge in [0.1, 0.15) is 12.7 Å². The number of carbonyl (C=O) groups is 2. The number of amides is 1. The summed E-state index contributed by atoms with van der Waals surface area (Å²) in [5, 5.41) is 2.93. The molecule has 0 saturated carbocycles. The van der Waals surface area contributed by atoms with Gasteiger partial charge in [0.2, 0.25) is 0 Å². The van der Waals surface area contributed by atoms with Gasteiger partial charge in [-0.2, -0.15) is 0 Å². The molecule has 0 saturated heterocycles. The zero-order chi connectivity index (χ0) is 17.6. The molecule has 0 radical (unpaired) electrons. The van der Waals surface area contributed by atoms with E-state index in [0.29, 0.717) is 18.1 Å². The highest BCUT2D eigenvalue weighted by atomic mass is 35.5. The largest absolute Gasteiger partial charge is 0.486 e. The van der Waals surface area contributed by atoms with E-state index in [1.54, 1.807) is 24.3 Å². The third kappa shape index (κ3) is 4.42. The minimum atomic E-state index is -0.646. The van der Waals surface area contributed by atoms with Gasteiger partial charge in [-0.05, 0) is 24.3 Å². The minimum absolute atomic E-state index is 0.220. The Morgan fingerprint density at radius 1 is 1.12 bits per heavy atom. The van der Waals surface area contributed by atoms with E-state index in [-0.39, 0.29) is 23.2 Å². The fourth-order valence-electron chi connectivity index (χ4n) is 2.28. The minimum Gasteiger partial charge on any atom is -0.486 e. The van der Waals surface area contributed by atoms with Gasteiger partial charge in [-0.1, -0.05) is 35.9 Å². The van der Waals surface area contributed by atoms with Gasteiger partial charge in [-0.3, -0.25) is 4.79 Å². The van der Waals surface area contributed by atoms with Crippen LogP contribution in [0.2, 0.25) is 5.02 Å². The van der Waals surface area contributed by atoms with Crippen LogP contribution in [0.25, 0.3) is 0 Å². The molecular weight excluding hydrogens is 346 g/mol. The predicted octanol–water partition coefficient (Wildman–Crippen LogP) is 2.45. The lowest BCUT2D eigenvalue weighted by Gasteiger charge is -2.26. The van der Waals surface area contributed by atoms with Crippen molar-refractivity contribution in [3.8, 4) is 11.5 Å². The first-order valence-electron chi connectivity index (χ1n) is 7.70. The fourth-order valence-corrected chi connectivity index (χ4v) is 2.49. The van der Waals surface area contributed by atoms with Crippen LogP contribution in [-0.4, -0.2) is 37.7 Å². The predicted molar refractivity (Wildman–Crippen MR) is 91.1 cm³/mol. The lowest BCUT2D eigenvalue weighted by Crippen LogP contribution is -2.42. The van der Waals surface area contributed by atoms with E-state index in [0.717, 1.165) is 0 Å². The molecule has 0 unspecified atom stereocenters. The molecule has 130 valence electrons. The lowest BCUT2D eigenvalue weighted by molar-refractivity contribution is -0.124. The maximum absolute atomic E-state index is 11.9. The number of benzene rings is 2. The third-order valence-corrected chi connectivity index (χ3v) is 3.85. The first-order valence-corrected chi connectivity index (χ1v) is 8.08. The van der Waals surface area contributed by atoms with Gasteiger partial charge < -0.3 is 19.5 Å². The van der Waals surface area contributed by atoms with E-state index in [9.17, 15) is 9.59 Å². The van der Waals surface area contributed by atoms with Crippen molar-refractivity contribution in [1.29, 1.82) is 0 Å². The Labute approximate surface area is 149 Å². The van der Waals surface area contributed by atoms with Gasteiger partial charge in [-0.25, -0.2) is 4.79 Å². The number of ether oxygens (including phenoxy) is 3. The molecule has 1 aliphatic heterocycles. The number of hydrogen-bond donors (Lipinski definition) is 1. The number of para-hydroxylation sites is 2. The van der Waals surface area contributed by atoms with Crippen LogP contribution >= 0.6 is 11.6 Å². The van der Waals surface area contributed by atoms with E-state index in [4.69, 9.17) is 25.8 Å². The van der Waals surface area contributed by atoms with E-state index < -0.39 is 18.5 Å². The summed E-state index contributed by atoms with van der Waals surface area (Å²) >= 11 is 5.91. The molecule has 1 heterocycles. The highest BCUT2D eigenvalue weighted by Gasteiger charge is 2.21. The molecule has 1 atom stereocenters. The Kier molecular flexibility index (Phi) is 5.40. The fraction of sp³-hybridized carbons (Fsp3) is 0.222. The van der Waals surface area contributed by atoms with Crippen molar-refractivity contribution >= 4 is 23.5 Å². The van der Waals surface area contributed by atoms with Crippen molar-refractivity contribution in [2.75, 3.05) is 19.8 Å². The molecule has 1 N–H and O–H groups in total. The molecule has 0 bridgehead atoms. The summed E-state index contributed by atoms with van der Waals surface area (Å²) < 4.78 is 16.2. The maximum Gasteiger partial charge on any atom is 0.340 e. The first kappa shape index (κ1) is 17.1. The number of fused-ring (bicyclic) bond motifs is 1. The molecule has 25 heavy (non-hydrogen) atoms. The summed E-state index contributed by atoms with van der Waals surface area (Å²) in [6, 6.07) is 13.8. The summed E-state index contributed by atoms with van der Waals surface area (Å²) in [5.41, 5.74) is 0.220. The second kappa shape index (κ2) is 7.90. The normalized spacial score (nSPS) is 15.3. The zero-order valence-electron chi connectivity index (χ0n) is 13.2. The van der Waals surface area contributed by atoms with Crippen LogP contribution in [-0.2, 0) is 9.53 Å². The van der Waals surface area contributed by atoms with Crippen LogP contribution in [0, 0.1) is 0 Å². The SMILES string of the molecule is O=C(COC(=O)c1ccccc1Cl)NC[C@@H]1COc2ccccc2O1. The van der Waals surface area contributed by atoms with Gasteiger partial charge in [0.25, 0.3) is 5.91 Å².